The summed E-state index contributed by atoms with van der Waals surface area (Å²) in [7, 11) is 0. The highest BCUT2D eigenvalue weighted by atomic mass is 16.5. The Bertz CT molecular complexity index is 512. The minimum absolute atomic E-state index is 0.138. The Morgan fingerprint density at radius 3 is 2.58 bits per heavy atom. The summed E-state index contributed by atoms with van der Waals surface area (Å²) >= 11 is 0. The second-order valence-corrected chi connectivity index (χ2v) is 6.36. The standard InChI is InChI=1S/C17H23NO/c1-13-12-17(10-6-3-7-11-17)18(19)14(2)16-9-5-4-8-15(13)16/h4-5,8-9,13H,3,6-7,10-12H2,1-2H3. The van der Waals surface area contributed by atoms with Crippen LogP contribution in [-0.2, 0) is 0 Å². The molecule has 2 nitrogen and oxygen atoms in total. The number of hydroxylamine groups is 1. The lowest BCUT2D eigenvalue weighted by atomic mass is 9.75. The van der Waals surface area contributed by atoms with Crippen LogP contribution in [-0.4, -0.2) is 16.0 Å². The van der Waals surface area contributed by atoms with Crippen LogP contribution in [0.3, 0.4) is 0 Å². The zero-order valence-corrected chi connectivity index (χ0v) is 12.0. The van der Waals surface area contributed by atoms with E-state index in [4.69, 9.17) is 0 Å². The fraction of sp³-hybridized carbons (Fsp3) is 0.588. The van der Waals surface area contributed by atoms with Crippen molar-refractivity contribution in [2.75, 3.05) is 0 Å². The summed E-state index contributed by atoms with van der Waals surface area (Å²) < 4.78 is 1.37. The molecule has 0 aromatic heterocycles. The third-order valence-electron chi connectivity index (χ3n) is 5.09. The molecule has 0 bridgehead atoms. The Morgan fingerprint density at radius 2 is 1.84 bits per heavy atom. The van der Waals surface area contributed by atoms with E-state index in [9.17, 15) is 5.21 Å². The SMILES string of the molecule is CC1=[N+]([O-])C2(CCCCC2)CC(C)c2ccccc21. The second kappa shape index (κ2) is 4.66. The third-order valence-corrected chi connectivity index (χ3v) is 5.09. The summed E-state index contributed by atoms with van der Waals surface area (Å²) in [4.78, 5) is 0. The highest BCUT2D eigenvalue weighted by Gasteiger charge is 2.44. The van der Waals surface area contributed by atoms with Crippen LogP contribution in [0, 0.1) is 5.21 Å². The van der Waals surface area contributed by atoms with E-state index in [0.29, 0.717) is 5.92 Å². The molecule has 0 radical (unpaired) electrons. The van der Waals surface area contributed by atoms with Crippen molar-refractivity contribution in [3.63, 3.8) is 0 Å². The number of hydrogen-bond acceptors (Lipinski definition) is 1. The van der Waals surface area contributed by atoms with Gasteiger partial charge in [0.15, 0.2) is 11.3 Å². The van der Waals surface area contributed by atoms with Gasteiger partial charge in [0.1, 0.15) is 0 Å². The molecule has 1 aromatic rings. The molecule has 1 aromatic carbocycles. The van der Waals surface area contributed by atoms with E-state index in [1.807, 2.05) is 13.0 Å². The van der Waals surface area contributed by atoms with Crippen molar-refractivity contribution < 1.29 is 4.74 Å². The van der Waals surface area contributed by atoms with Crippen LogP contribution in [0.1, 0.15) is 69.4 Å². The van der Waals surface area contributed by atoms with Gasteiger partial charge in [-0.1, -0.05) is 31.5 Å². The van der Waals surface area contributed by atoms with Crippen molar-refractivity contribution in [3.05, 3.63) is 40.6 Å². The molecule has 1 atom stereocenters. The summed E-state index contributed by atoms with van der Waals surface area (Å²) in [5.41, 5.74) is 3.29. The maximum atomic E-state index is 12.9. The Labute approximate surface area is 115 Å². The molecule has 0 saturated heterocycles. The molecule has 2 aliphatic rings. The van der Waals surface area contributed by atoms with E-state index >= 15 is 0 Å². The zero-order valence-electron chi connectivity index (χ0n) is 12.0. The van der Waals surface area contributed by atoms with Gasteiger partial charge in [0.2, 0.25) is 0 Å². The normalized spacial score (nSPS) is 26.1. The van der Waals surface area contributed by atoms with Gasteiger partial charge in [-0.15, -0.1) is 0 Å². The van der Waals surface area contributed by atoms with Crippen molar-refractivity contribution in [1.29, 1.82) is 0 Å². The average molecular weight is 257 g/mol. The van der Waals surface area contributed by atoms with Gasteiger partial charge in [0.05, 0.1) is 0 Å². The minimum atomic E-state index is -0.138. The van der Waals surface area contributed by atoms with E-state index in [2.05, 4.69) is 25.1 Å². The molecule has 0 N–H and O–H groups in total. The predicted molar refractivity (Wildman–Crippen MR) is 78.7 cm³/mol. The maximum Gasteiger partial charge on any atom is 0.191 e. The van der Waals surface area contributed by atoms with Gasteiger partial charge in [-0.05, 0) is 30.4 Å². The van der Waals surface area contributed by atoms with Crippen LogP contribution in [0.25, 0.3) is 0 Å². The summed E-state index contributed by atoms with van der Waals surface area (Å²) in [6.45, 7) is 4.28. The Kier molecular flexibility index (Phi) is 3.12. The quantitative estimate of drug-likeness (QED) is 0.505. The van der Waals surface area contributed by atoms with E-state index in [-0.39, 0.29) is 5.54 Å². The highest BCUT2D eigenvalue weighted by molar-refractivity contribution is 5.97. The third kappa shape index (κ3) is 1.98. The van der Waals surface area contributed by atoms with Crippen LogP contribution in [0.15, 0.2) is 24.3 Å². The maximum absolute atomic E-state index is 12.9. The first-order valence-corrected chi connectivity index (χ1v) is 7.54. The summed E-state index contributed by atoms with van der Waals surface area (Å²) in [6.07, 6.45) is 6.82. The fourth-order valence-electron chi connectivity index (χ4n) is 4.10. The molecular weight excluding hydrogens is 234 g/mol. The second-order valence-electron chi connectivity index (χ2n) is 6.36. The minimum Gasteiger partial charge on any atom is -0.623 e. The van der Waals surface area contributed by atoms with Crippen LogP contribution < -0.4 is 0 Å². The molecular formula is C17H23NO. The number of benzene rings is 1. The van der Waals surface area contributed by atoms with Crippen molar-refractivity contribution in [1.82, 2.24) is 0 Å². The van der Waals surface area contributed by atoms with Crippen molar-refractivity contribution in [3.8, 4) is 0 Å². The molecule has 0 amide bonds. The van der Waals surface area contributed by atoms with Gasteiger partial charge in [0.25, 0.3) is 0 Å². The lowest BCUT2D eigenvalue weighted by molar-refractivity contribution is -0.557. The highest BCUT2D eigenvalue weighted by Crippen LogP contribution is 2.42. The summed E-state index contributed by atoms with van der Waals surface area (Å²) in [5.74, 6) is 0.475. The van der Waals surface area contributed by atoms with Gasteiger partial charge in [-0.25, -0.2) is 4.74 Å². The number of fused-ring (bicyclic) bond motifs is 1. The molecule has 3 rings (SSSR count). The largest absolute Gasteiger partial charge is 0.623 e. The van der Waals surface area contributed by atoms with Crippen LogP contribution in [0.4, 0.5) is 0 Å². The lowest BCUT2D eigenvalue weighted by Gasteiger charge is -2.36. The Morgan fingerprint density at radius 1 is 1.16 bits per heavy atom. The average Bonchev–Trinajstić information content (AvgIpc) is 2.52. The van der Waals surface area contributed by atoms with E-state index in [0.717, 1.165) is 30.5 Å². The van der Waals surface area contributed by atoms with Gasteiger partial charge >= 0.3 is 0 Å². The van der Waals surface area contributed by atoms with Crippen LogP contribution in [0.2, 0.25) is 0 Å². The van der Waals surface area contributed by atoms with Crippen molar-refractivity contribution >= 4 is 5.71 Å². The zero-order chi connectivity index (χ0) is 13.5. The monoisotopic (exact) mass is 257 g/mol. The molecule has 1 aliphatic carbocycles. The number of hydrogen-bond donors (Lipinski definition) is 0. The van der Waals surface area contributed by atoms with Gasteiger partial charge in [0, 0.05) is 31.7 Å². The number of nitrogens with zero attached hydrogens (tertiary/aromatic N) is 1. The molecule has 1 heterocycles. The summed E-state index contributed by atoms with van der Waals surface area (Å²) in [6, 6.07) is 8.44. The molecule has 1 unspecified atom stereocenters. The van der Waals surface area contributed by atoms with Gasteiger partial charge in [-0.2, -0.15) is 0 Å². The van der Waals surface area contributed by atoms with E-state index in [1.165, 1.54) is 29.6 Å². The van der Waals surface area contributed by atoms with Gasteiger partial charge < -0.3 is 5.21 Å². The molecule has 19 heavy (non-hydrogen) atoms. The van der Waals surface area contributed by atoms with Crippen molar-refractivity contribution in [2.24, 2.45) is 0 Å². The van der Waals surface area contributed by atoms with Crippen LogP contribution >= 0.6 is 0 Å². The molecule has 1 fully saturated rings. The molecule has 2 heteroatoms. The molecule has 1 saturated carbocycles. The molecule has 1 spiro atoms. The predicted octanol–water partition coefficient (Wildman–Crippen LogP) is 4.22. The van der Waals surface area contributed by atoms with E-state index in [1.54, 1.807) is 0 Å². The molecule has 102 valence electrons. The van der Waals surface area contributed by atoms with Gasteiger partial charge in [-0.3, -0.25) is 0 Å². The first-order chi connectivity index (χ1) is 9.14. The summed E-state index contributed by atoms with van der Waals surface area (Å²) in [5, 5.41) is 12.9. The van der Waals surface area contributed by atoms with Crippen molar-refractivity contribution in [2.45, 2.75) is 63.8 Å². The first kappa shape index (κ1) is 12.7. The first-order valence-electron chi connectivity index (χ1n) is 7.54. The van der Waals surface area contributed by atoms with E-state index < -0.39 is 0 Å². The smallest absolute Gasteiger partial charge is 0.191 e. The molecule has 1 aliphatic heterocycles. The number of rotatable bonds is 0. The fourth-order valence-corrected chi connectivity index (χ4v) is 4.10. The lowest BCUT2D eigenvalue weighted by Crippen LogP contribution is -2.43. The topological polar surface area (TPSA) is 26.1 Å². The Balaban J connectivity index is 2.13. The van der Waals surface area contributed by atoms with Crippen LogP contribution in [0.5, 0.6) is 0 Å². The Hall–Kier alpha value is -1.31.